The van der Waals surface area contributed by atoms with E-state index in [0.717, 1.165) is 27.9 Å². The Bertz CT molecular complexity index is 1480. The standard InChI is InChI=1S/C24H21ClN8O2/c1-2-17-11-21(33-24(27-17)20(25)12-26-33)32(14-22(34)35)13-15-7-9-16(10-8-15)18-5-3-4-6-19(18)23-28-30-31-29-23/h3-12H,2,13-14H2,1H3,(H,34,35)(H,28,29,30,31). The van der Waals surface area contributed by atoms with Gasteiger partial charge >= 0.3 is 5.97 Å². The fourth-order valence-electron chi connectivity index (χ4n) is 3.97. The zero-order valence-corrected chi connectivity index (χ0v) is 19.5. The van der Waals surface area contributed by atoms with Crippen molar-refractivity contribution in [3.8, 4) is 22.5 Å². The predicted octanol–water partition coefficient (Wildman–Crippen LogP) is 3.88. The molecule has 0 amide bonds. The van der Waals surface area contributed by atoms with Crippen molar-refractivity contribution >= 4 is 29.0 Å². The summed E-state index contributed by atoms with van der Waals surface area (Å²) >= 11 is 6.27. The highest BCUT2D eigenvalue weighted by atomic mass is 35.5. The van der Waals surface area contributed by atoms with E-state index in [0.29, 0.717) is 35.3 Å². The lowest BCUT2D eigenvalue weighted by atomic mass is 9.98. The maximum atomic E-state index is 11.7. The molecule has 0 fully saturated rings. The minimum Gasteiger partial charge on any atom is -0.480 e. The number of aryl methyl sites for hydroxylation is 1. The van der Waals surface area contributed by atoms with Crippen LogP contribution in [0.2, 0.25) is 5.02 Å². The Kier molecular flexibility index (Phi) is 6.11. The number of fused-ring (bicyclic) bond motifs is 1. The minimum atomic E-state index is -0.947. The lowest BCUT2D eigenvalue weighted by molar-refractivity contribution is -0.135. The van der Waals surface area contributed by atoms with E-state index >= 15 is 0 Å². The van der Waals surface area contributed by atoms with E-state index < -0.39 is 5.97 Å². The van der Waals surface area contributed by atoms with Crippen LogP contribution in [-0.4, -0.2) is 52.8 Å². The van der Waals surface area contributed by atoms with E-state index in [4.69, 9.17) is 11.6 Å². The van der Waals surface area contributed by atoms with Crippen LogP contribution in [0.5, 0.6) is 0 Å². The zero-order chi connectivity index (χ0) is 24.4. The van der Waals surface area contributed by atoms with Gasteiger partial charge in [0.05, 0.1) is 6.20 Å². The second kappa shape index (κ2) is 9.51. The second-order valence-electron chi connectivity index (χ2n) is 7.91. The Labute approximate surface area is 205 Å². The van der Waals surface area contributed by atoms with Gasteiger partial charge < -0.3 is 10.0 Å². The van der Waals surface area contributed by atoms with E-state index in [1.807, 2.05) is 61.5 Å². The smallest absolute Gasteiger partial charge is 0.323 e. The van der Waals surface area contributed by atoms with Crippen LogP contribution in [0.4, 0.5) is 5.82 Å². The number of aromatic amines is 1. The molecule has 0 radical (unpaired) electrons. The summed E-state index contributed by atoms with van der Waals surface area (Å²) in [5.41, 5.74) is 5.06. The average Bonchev–Trinajstić information content (AvgIpc) is 3.54. The largest absolute Gasteiger partial charge is 0.480 e. The molecule has 35 heavy (non-hydrogen) atoms. The van der Waals surface area contributed by atoms with Gasteiger partial charge in [-0.05, 0) is 28.3 Å². The number of nitrogens with one attached hydrogen (secondary N) is 1. The number of H-pyrrole nitrogens is 1. The SMILES string of the molecule is CCc1cc(N(CC(=O)O)Cc2ccc(-c3ccccc3-c3nn[nH]n3)cc2)n2ncc(Cl)c2n1. The van der Waals surface area contributed by atoms with Gasteiger partial charge in [-0.2, -0.15) is 14.8 Å². The van der Waals surface area contributed by atoms with Gasteiger partial charge in [-0.15, -0.1) is 10.2 Å². The molecule has 0 spiro atoms. The van der Waals surface area contributed by atoms with Crippen LogP contribution in [0, 0.1) is 0 Å². The van der Waals surface area contributed by atoms with Crippen LogP contribution >= 0.6 is 11.6 Å². The highest BCUT2D eigenvalue weighted by Gasteiger charge is 2.19. The highest BCUT2D eigenvalue weighted by molar-refractivity contribution is 6.33. The Hall–Kier alpha value is -4.31. The first-order chi connectivity index (χ1) is 17.0. The minimum absolute atomic E-state index is 0.206. The number of benzene rings is 2. The van der Waals surface area contributed by atoms with Gasteiger partial charge in [0.2, 0.25) is 5.82 Å². The zero-order valence-electron chi connectivity index (χ0n) is 18.8. The predicted molar refractivity (Wildman–Crippen MR) is 131 cm³/mol. The summed E-state index contributed by atoms with van der Waals surface area (Å²) in [6.07, 6.45) is 2.20. The molecule has 176 valence electrons. The first-order valence-corrected chi connectivity index (χ1v) is 11.3. The third-order valence-corrected chi connectivity index (χ3v) is 5.89. The number of hydrogen-bond acceptors (Lipinski definition) is 7. The van der Waals surface area contributed by atoms with Crippen LogP contribution in [-0.2, 0) is 17.8 Å². The van der Waals surface area contributed by atoms with Gasteiger partial charge in [0.25, 0.3) is 0 Å². The van der Waals surface area contributed by atoms with E-state index in [9.17, 15) is 9.90 Å². The molecule has 10 nitrogen and oxygen atoms in total. The van der Waals surface area contributed by atoms with Crippen LogP contribution in [0.25, 0.3) is 28.2 Å². The maximum Gasteiger partial charge on any atom is 0.323 e. The molecule has 0 bridgehead atoms. The van der Waals surface area contributed by atoms with E-state index in [-0.39, 0.29) is 6.54 Å². The van der Waals surface area contributed by atoms with Crippen LogP contribution in [0.15, 0.2) is 60.8 Å². The quantitative estimate of drug-likeness (QED) is 0.337. The highest BCUT2D eigenvalue weighted by Crippen LogP contribution is 2.30. The van der Waals surface area contributed by atoms with Gasteiger partial charge in [-0.25, -0.2) is 4.98 Å². The summed E-state index contributed by atoms with van der Waals surface area (Å²) in [6.45, 7) is 2.14. The first kappa shape index (κ1) is 22.5. The molecule has 5 aromatic rings. The molecule has 5 rings (SSSR count). The van der Waals surface area contributed by atoms with Crippen LogP contribution in [0.1, 0.15) is 18.2 Å². The Balaban J connectivity index is 1.48. The summed E-state index contributed by atoms with van der Waals surface area (Å²) in [5.74, 6) is 0.188. The monoisotopic (exact) mass is 488 g/mol. The molecule has 0 unspecified atom stereocenters. The van der Waals surface area contributed by atoms with Crippen molar-refractivity contribution < 1.29 is 9.90 Å². The molecule has 0 atom stereocenters. The molecular weight excluding hydrogens is 468 g/mol. The summed E-state index contributed by atoms with van der Waals surface area (Å²) in [7, 11) is 0. The Morgan fingerprint density at radius 1 is 1.14 bits per heavy atom. The number of aliphatic carboxylic acids is 1. The number of anilines is 1. The summed E-state index contributed by atoms with van der Waals surface area (Å²) < 4.78 is 1.58. The van der Waals surface area contributed by atoms with E-state index in [2.05, 4.69) is 30.7 Å². The molecule has 3 aromatic heterocycles. The number of nitrogens with zero attached hydrogens (tertiary/aromatic N) is 7. The van der Waals surface area contributed by atoms with Gasteiger partial charge in [0, 0.05) is 23.9 Å². The molecule has 0 aliphatic heterocycles. The summed E-state index contributed by atoms with van der Waals surface area (Å²) in [6, 6.07) is 17.6. The molecular formula is C24H21ClN8O2. The number of aromatic nitrogens is 7. The van der Waals surface area contributed by atoms with Gasteiger partial charge in [-0.1, -0.05) is 67.1 Å². The van der Waals surface area contributed by atoms with Crippen molar-refractivity contribution in [2.24, 2.45) is 0 Å². The van der Waals surface area contributed by atoms with Crippen molar-refractivity contribution in [1.29, 1.82) is 0 Å². The molecule has 11 heteroatoms. The molecule has 2 aromatic carbocycles. The molecule has 3 heterocycles. The number of rotatable bonds is 8. The summed E-state index contributed by atoms with van der Waals surface area (Å²) in [5, 5.41) is 28.7. The van der Waals surface area contributed by atoms with Gasteiger partial charge in [0.15, 0.2) is 5.65 Å². The fraction of sp³-hybridized carbons (Fsp3) is 0.167. The van der Waals surface area contributed by atoms with E-state index in [1.165, 1.54) is 6.20 Å². The van der Waals surface area contributed by atoms with Gasteiger partial charge in [-0.3, -0.25) is 4.79 Å². The number of hydrogen-bond donors (Lipinski definition) is 2. The maximum absolute atomic E-state index is 11.7. The Morgan fingerprint density at radius 3 is 2.60 bits per heavy atom. The number of carboxylic acid groups (broad SMARTS) is 1. The molecule has 0 aliphatic rings. The lowest BCUT2D eigenvalue weighted by Crippen LogP contribution is -2.31. The number of tetrazole rings is 1. The topological polar surface area (TPSA) is 125 Å². The first-order valence-electron chi connectivity index (χ1n) is 11.0. The summed E-state index contributed by atoms with van der Waals surface area (Å²) in [4.78, 5) is 18.0. The molecule has 0 saturated carbocycles. The number of carbonyl (C=O) groups is 1. The molecule has 0 saturated heterocycles. The van der Waals surface area contributed by atoms with Crippen molar-refractivity contribution in [2.45, 2.75) is 19.9 Å². The fourth-order valence-corrected chi connectivity index (χ4v) is 4.14. The van der Waals surface area contributed by atoms with Gasteiger partial charge in [0.1, 0.15) is 17.4 Å². The number of halogens is 1. The van der Waals surface area contributed by atoms with Crippen LogP contribution < -0.4 is 4.90 Å². The average molecular weight is 489 g/mol. The van der Waals surface area contributed by atoms with Crippen molar-refractivity contribution in [1.82, 2.24) is 35.2 Å². The Morgan fingerprint density at radius 2 is 1.91 bits per heavy atom. The number of carboxylic acids is 1. The third-order valence-electron chi connectivity index (χ3n) is 5.63. The normalized spacial score (nSPS) is 11.1. The molecule has 2 N–H and O–H groups in total. The second-order valence-corrected chi connectivity index (χ2v) is 8.32. The van der Waals surface area contributed by atoms with Crippen LogP contribution in [0.3, 0.4) is 0 Å². The molecule has 0 aliphatic carbocycles. The van der Waals surface area contributed by atoms with Crippen molar-refractivity contribution in [3.63, 3.8) is 0 Å². The lowest BCUT2D eigenvalue weighted by Gasteiger charge is -2.24. The van der Waals surface area contributed by atoms with Crippen molar-refractivity contribution in [3.05, 3.63) is 77.1 Å². The third kappa shape index (κ3) is 4.56. The van der Waals surface area contributed by atoms with E-state index in [1.54, 1.807) is 9.42 Å². The van der Waals surface area contributed by atoms with Crippen molar-refractivity contribution in [2.75, 3.05) is 11.4 Å².